The second kappa shape index (κ2) is 5.21. The zero-order valence-corrected chi connectivity index (χ0v) is 9.70. The third-order valence-corrected chi connectivity index (χ3v) is 3.03. The number of phenols is 1. The van der Waals surface area contributed by atoms with Gasteiger partial charge in [-0.25, -0.2) is 0 Å². The van der Waals surface area contributed by atoms with E-state index in [4.69, 9.17) is 4.74 Å². The van der Waals surface area contributed by atoms with Gasteiger partial charge in [0.05, 0.1) is 7.11 Å². The quantitative estimate of drug-likeness (QED) is 0.724. The lowest BCUT2D eigenvalue weighted by molar-refractivity contribution is 0.410. The van der Waals surface area contributed by atoms with Gasteiger partial charge in [0.15, 0.2) is 0 Å². The minimum atomic E-state index is 0.333. The Morgan fingerprint density at radius 1 is 1.44 bits per heavy atom. The van der Waals surface area contributed by atoms with Crippen LogP contribution in [0.1, 0.15) is 24.8 Å². The Labute approximate surface area is 96.4 Å². The predicted molar refractivity (Wildman–Crippen MR) is 63.7 cm³/mol. The molecule has 1 aromatic carbocycles. The van der Waals surface area contributed by atoms with Crippen LogP contribution in [0.4, 0.5) is 0 Å². The lowest BCUT2D eigenvalue weighted by atomic mass is 10.2. The molecule has 3 heteroatoms. The summed E-state index contributed by atoms with van der Waals surface area (Å²) in [6.45, 7) is 1.73. The lowest BCUT2D eigenvalue weighted by Crippen LogP contribution is -2.15. The van der Waals surface area contributed by atoms with Crippen molar-refractivity contribution in [2.75, 3.05) is 13.7 Å². The fourth-order valence-corrected chi connectivity index (χ4v) is 1.77. The number of benzene rings is 1. The van der Waals surface area contributed by atoms with Crippen molar-refractivity contribution in [3.8, 4) is 11.5 Å². The SMILES string of the molecule is COc1ccc(O)c(CNCCC2CC2)c1. The molecule has 0 atom stereocenters. The second-order valence-electron chi connectivity index (χ2n) is 4.40. The van der Waals surface area contributed by atoms with Crippen LogP contribution in [0.25, 0.3) is 0 Å². The molecule has 0 spiro atoms. The molecule has 0 saturated heterocycles. The lowest BCUT2D eigenvalue weighted by Gasteiger charge is -2.08. The van der Waals surface area contributed by atoms with Gasteiger partial charge in [-0.05, 0) is 37.1 Å². The van der Waals surface area contributed by atoms with Gasteiger partial charge in [0.25, 0.3) is 0 Å². The molecular weight excluding hydrogens is 202 g/mol. The van der Waals surface area contributed by atoms with E-state index in [1.54, 1.807) is 19.2 Å². The summed E-state index contributed by atoms with van der Waals surface area (Å²) in [6, 6.07) is 5.32. The molecule has 3 nitrogen and oxygen atoms in total. The summed E-state index contributed by atoms with van der Waals surface area (Å²) in [6.07, 6.45) is 4.04. The summed E-state index contributed by atoms with van der Waals surface area (Å²) in [4.78, 5) is 0. The zero-order chi connectivity index (χ0) is 11.4. The van der Waals surface area contributed by atoms with Crippen molar-refractivity contribution >= 4 is 0 Å². The van der Waals surface area contributed by atoms with Crippen LogP contribution >= 0.6 is 0 Å². The Balaban J connectivity index is 1.81. The molecular formula is C13H19NO2. The smallest absolute Gasteiger partial charge is 0.120 e. The van der Waals surface area contributed by atoms with E-state index in [9.17, 15) is 5.11 Å². The summed E-state index contributed by atoms with van der Waals surface area (Å²) in [7, 11) is 1.64. The van der Waals surface area contributed by atoms with Gasteiger partial charge in [0, 0.05) is 12.1 Å². The molecule has 16 heavy (non-hydrogen) atoms. The van der Waals surface area contributed by atoms with Crippen molar-refractivity contribution in [2.24, 2.45) is 5.92 Å². The minimum Gasteiger partial charge on any atom is -0.508 e. The first-order valence-corrected chi connectivity index (χ1v) is 5.86. The average molecular weight is 221 g/mol. The van der Waals surface area contributed by atoms with E-state index in [1.807, 2.05) is 6.07 Å². The molecule has 1 saturated carbocycles. The second-order valence-corrected chi connectivity index (χ2v) is 4.40. The van der Waals surface area contributed by atoms with Crippen molar-refractivity contribution in [1.82, 2.24) is 5.32 Å². The summed E-state index contributed by atoms with van der Waals surface area (Å²) < 4.78 is 5.13. The Bertz CT molecular complexity index is 348. The Kier molecular flexibility index (Phi) is 3.67. The number of nitrogens with one attached hydrogen (secondary N) is 1. The van der Waals surface area contributed by atoms with E-state index < -0.39 is 0 Å². The first kappa shape index (κ1) is 11.3. The normalized spacial score (nSPS) is 15.1. The van der Waals surface area contributed by atoms with Gasteiger partial charge < -0.3 is 15.2 Å². The molecule has 2 rings (SSSR count). The molecule has 0 amide bonds. The highest BCUT2D eigenvalue weighted by Crippen LogP contribution is 2.31. The maximum Gasteiger partial charge on any atom is 0.120 e. The molecule has 1 fully saturated rings. The molecule has 1 aromatic rings. The highest BCUT2D eigenvalue weighted by atomic mass is 16.5. The van der Waals surface area contributed by atoms with Crippen LogP contribution in [-0.2, 0) is 6.54 Å². The standard InChI is InChI=1S/C13H19NO2/c1-16-12-4-5-13(15)11(8-12)9-14-7-6-10-2-3-10/h4-5,8,10,14-15H,2-3,6-7,9H2,1H3. The molecule has 0 unspecified atom stereocenters. The number of methoxy groups -OCH3 is 1. The Morgan fingerprint density at radius 2 is 2.25 bits per heavy atom. The van der Waals surface area contributed by atoms with Crippen LogP contribution in [0.3, 0.4) is 0 Å². The first-order chi connectivity index (χ1) is 7.79. The summed E-state index contributed by atoms with van der Waals surface area (Å²) in [5, 5.41) is 13.0. The highest BCUT2D eigenvalue weighted by Gasteiger charge is 2.19. The molecule has 0 aliphatic heterocycles. The summed E-state index contributed by atoms with van der Waals surface area (Å²) >= 11 is 0. The van der Waals surface area contributed by atoms with E-state index in [0.29, 0.717) is 12.3 Å². The van der Waals surface area contributed by atoms with Gasteiger partial charge in [-0.1, -0.05) is 12.8 Å². The van der Waals surface area contributed by atoms with Crippen LogP contribution in [0.15, 0.2) is 18.2 Å². The number of aromatic hydroxyl groups is 1. The molecule has 0 bridgehead atoms. The molecule has 88 valence electrons. The van der Waals surface area contributed by atoms with Crippen molar-refractivity contribution in [3.05, 3.63) is 23.8 Å². The van der Waals surface area contributed by atoms with Crippen LogP contribution in [0, 0.1) is 5.92 Å². The van der Waals surface area contributed by atoms with Crippen LogP contribution in [0.2, 0.25) is 0 Å². The van der Waals surface area contributed by atoms with E-state index in [-0.39, 0.29) is 0 Å². The van der Waals surface area contributed by atoms with Crippen LogP contribution in [-0.4, -0.2) is 18.8 Å². The molecule has 0 aromatic heterocycles. The highest BCUT2D eigenvalue weighted by molar-refractivity contribution is 5.39. The van der Waals surface area contributed by atoms with Gasteiger partial charge >= 0.3 is 0 Å². The van der Waals surface area contributed by atoms with Gasteiger partial charge in [-0.3, -0.25) is 0 Å². The first-order valence-electron chi connectivity index (χ1n) is 5.86. The average Bonchev–Trinajstić information content (AvgIpc) is 3.10. The minimum absolute atomic E-state index is 0.333. The zero-order valence-electron chi connectivity index (χ0n) is 9.70. The van der Waals surface area contributed by atoms with Crippen molar-refractivity contribution in [2.45, 2.75) is 25.8 Å². The third kappa shape index (κ3) is 3.14. The Hall–Kier alpha value is -1.22. The number of hydrogen-bond acceptors (Lipinski definition) is 3. The number of ether oxygens (including phenoxy) is 1. The van der Waals surface area contributed by atoms with Gasteiger partial charge in [-0.2, -0.15) is 0 Å². The predicted octanol–water partition coefficient (Wildman–Crippen LogP) is 2.29. The largest absolute Gasteiger partial charge is 0.508 e. The van der Waals surface area contributed by atoms with Crippen molar-refractivity contribution < 1.29 is 9.84 Å². The number of rotatable bonds is 6. The van der Waals surface area contributed by atoms with E-state index in [2.05, 4.69) is 5.32 Å². The van der Waals surface area contributed by atoms with Gasteiger partial charge in [0.2, 0.25) is 0 Å². The van der Waals surface area contributed by atoms with Crippen LogP contribution in [0.5, 0.6) is 11.5 Å². The van der Waals surface area contributed by atoms with Gasteiger partial charge in [0.1, 0.15) is 11.5 Å². The summed E-state index contributed by atoms with van der Waals surface area (Å²) in [5.41, 5.74) is 0.898. The molecule has 0 radical (unpaired) electrons. The van der Waals surface area contributed by atoms with Crippen molar-refractivity contribution in [1.29, 1.82) is 0 Å². The number of phenolic OH excluding ortho intramolecular Hbond substituents is 1. The van der Waals surface area contributed by atoms with E-state index in [0.717, 1.165) is 23.8 Å². The van der Waals surface area contributed by atoms with E-state index >= 15 is 0 Å². The maximum absolute atomic E-state index is 9.66. The molecule has 1 aliphatic rings. The fourth-order valence-electron chi connectivity index (χ4n) is 1.77. The van der Waals surface area contributed by atoms with Crippen molar-refractivity contribution in [3.63, 3.8) is 0 Å². The Morgan fingerprint density at radius 3 is 2.94 bits per heavy atom. The maximum atomic E-state index is 9.66. The fraction of sp³-hybridized carbons (Fsp3) is 0.538. The monoisotopic (exact) mass is 221 g/mol. The van der Waals surface area contributed by atoms with E-state index in [1.165, 1.54) is 19.3 Å². The van der Waals surface area contributed by atoms with Gasteiger partial charge in [-0.15, -0.1) is 0 Å². The third-order valence-electron chi connectivity index (χ3n) is 3.03. The summed E-state index contributed by atoms with van der Waals surface area (Å²) in [5.74, 6) is 2.07. The topological polar surface area (TPSA) is 41.5 Å². The molecule has 0 heterocycles. The molecule has 1 aliphatic carbocycles. The number of hydrogen-bond donors (Lipinski definition) is 2. The van der Waals surface area contributed by atoms with Crippen LogP contribution < -0.4 is 10.1 Å². The molecule has 2 N–H and O–H groups in total.